The van der Waals surface area contributed by atoms with E-state index in [2.05, 4.69) is 35.3 Å². The molecule has 1 aromatic heterocycles. The maximum Gasteiger partial charge on any atom is 0.255 e. The number of aldehydes is 1. The number of likely N-dealkylation sites (N-methyl/N-ethyl adjacent to an activating group) is 1. The number of amides is 3. The Hall–Kier alpha value is -6.19. The number of carbonyl (C=O) groups is 4. The van der Waals surface area contributed by atoms with Crippen molar-refractivity contribution in [3.63, 3.8) is 0 Å². The Balaban J connectivity index is 0.780. The molecule has 312 valence electrons. The van der Waals surface area contributed by atoms with E-state index in [1.807, 2.05) is 60.7 Å². The van der Waals surface area contributed by atoms with E-state index >= 15 is 0 Å². The summed E-state index contributed by atoms with van der Waals surface area (Å²) in [5.74, 6) is 2.16. The predicted octanol–water partition coefficient (Wildman–Crippen LogP) is 4.29. The number of ether oxygens (including phenoxy) is 1. The summed E-state index contributed by atoms with van der Waals surface area (Å²) in [5.41, 5.74) is 9.22. The smallest absolute Gasteiger partial charge is 0.255 e. The number of hydrogen-bond donors (Lipinski definition) is 4. The lowest BCUT2D eigenvalue weighted by Crippen LogP contribution is -2.53. The molecule has 15 heteroatoms. The fourth-order valence-corrected chi connectivity index (χ4v) is 8.93. The number of hydrogen-bond acceptors (Lipinski definition) is 13. The summed E-state index contributed by atoms with van der Waals surface area (Å²) in [6.45, 7) is 7.98. The zero-order valence-corrected chi connectivity index (χ0v) is 33.9. The third kappa shape index (κ3) is 9.16. The summed E-state index contributed by atoms with van der Waals surface area (Å²) < 4.78 is 5.93. The third-order valence-electron chi connectivity index (χ3n) is 12.3. The van der Waals surface area contributed by atoms with Gasteiger partial charge in [0.05, 0.1) is 16.8 Å². The maximum atomic E-state index is 13.5. The van der Waals surface area contributed by atoms with E-state index in [1.165, 1.54) is 17.6 Å². The summed E-state index contributed by atoms with van der Waals surface area (Å²) in [7, 11) is 1.54. The minimum absolute atomic E-state index is 0.167. The van der Waals surface area contributed by atoms with E-state index < -0.39 is 17.9 Å². The van der Waals surface area contributed by atoms with Gasteiger partial charge in [0.25, 0.3) is 5.91 Å². The van der Waals surface area contributed by atoms with Crippen molar-refractivity contribution in [3.05, 3.63) is 101 Å². The molecule has 5 N–H and O–H groups in total. The molecule has 4 aliphatic heterocycles. The molecule has 8 rings (SSSR count). The highest BCUT2D eigenvalue weighted by molar-refractivity contribution is 6.16. The predicted molar refractivity (Wildman–Crippen MR) is 229 cm³/mol. The number of carbonyl (C=O) groups excluding carboxylic acids is 4. The molecule has 2 atom stereocenters. The van der Waals surface area contributed by atoms with Crippen LogP contribution in [0.1, 0.15) is 63.9 Å². The molecule has 0 spiro atoms. The highest BCUT2D eigenvalue weighted by Gasteiger charge is 2.36. The van der Waals surface area contributed by atoms with Gasteiger partial charge in [-0.3, -0.25) is 29.9 Å². The van der Waals surface area contributed by atoms with E-state index in [0.717, 1.165) is 76.6 Å². The van der Waals surface area contributed by atoms with Crippen LogP contribution < -0.4 is 26.0 Å². The molecule has 3 aromatic carbocycles. The van der Waals surface area contributed by atoms with Crippen molar-refractivity contribution < 1.29 is 23.9 Å². The molecule has 2 unspecified atom stereocenters. The van der Waals surface area contributed by atoms with Gasteiger partial charge in [-0.1, -0.05) is 18.2 Å². The van der Waals surface area contributed by atoms with Gasteiger partial charge in [0.15, 0.2) is 6.29 Å². The van der Waals surface area contributed by atoms with E-state index in [-0.39, 0.29) is 47.4 Å². The maximum absolute atomic E-state index is 13.5. The monoisotopic (exact) mass is 812 g/mol. The number of piperidine rings is 2. The van der Waals surface area contributed by atoms with Crippen molar-refractivity contribution in [2.75, 3.05) is 75.4 Å². The second kappa shape index (κ2) is 18.0. The van der Waals surface area contributed by atoms with Gasteiger partial charge in [0.1, 0.15) is 35.5 Å². The molecule has 0 bridgehead atoms. The van der Waals surface area contributed by atoms with Gasteiger partial charge in [0, 0.05) is 88.1 Å². The number of aromatic nitrogens is 2. The molecule has 4 aliphatic rings. The summed E-state index contributed by atoms with van der Waals surface area (Å²) in [5, 5.41) is 14.9. The molecule has 0 radical (unpaired) electrons. The van der Waals surface area contributed by atoms with Crippen LogP contribution in [0.25, 0.3) is 0 Å². The van der Waals surface area contributed by atoms with E-state index in [1.54, 1.807) is 19.2 Å². The van der Waals surface area contributed by atoms with Crippen molar-refractivity contribution in [2.24, 2.45) is 11.8 Å². The average Bonchev–Trinajstić information content (AvgIpc) is 3.69. The van der Waals surface area contributed by atoms with Gasteiger partial charge in [0.2, 0.25) is 11.8 Å². The lowest BCUT2D eigenvalue weighted by molar-refractivity contribution is -0.136. The number of anilines is 3. The molecule has 3 amide bonds. The molecule has 4 fully saturated rings. The Morgan fingerprint density at radius 3 is 2.37 bits per heavy atom. The number of para-hydroxylation sites is 1. The summed E-state index contributed by atoms with van der Waals surface area (Å²) in [6, 6.07) is 21.7. The van der Waals surface area contributed by atoms with Crippen LogP contribution in [0.2, 0.25) is 0 Å². The lowest BCUT2D eigenvalue weighted by atomic mass is 9.96. The van der Waals surface area contributed by atoms with E-state index in [0.29, 0.717) is 40.8 Å². The van der Waals surface area contributed by atoms with Gasteiger partial charge < -0.3 is 35.4 Å². The largest absolute Gasteiger partial charge is 0.457 e. The number of nitrogens with two attached hydrogens (primary N) is 1. The van der Waals surface area contributed by atoms with Crippen molar-refractivity contribution >= 4 is 47.0 Å². The number of rotatable bonds is 14. The summed E-state index contributed by atoms with van der Waals surface area (Å²) in [6.07, 6.45) is 5.65. The Morgan fingerprint density at radius 1 is 0.917 bits per heavy atom. The lowest BCUT2D eigenvalue weighted by Gasteiger charge is -2.43. The number of nitrogens with zero attached hydrogens (tertiary/aromatic N) is 6. The average molecular weight is 813 g/mol. The van der Waals surface area contributed by atoms with Crippen LogP contribution in [0, 0.1) is 17.2 Å². The fourth-order valence-electron chi connectivity index (χ4n) is 8.93. The summed E-state index contributed by atoms with van der Waals surface area (Å²) in [4.78, 5) is 66.9. The van der Waals surface area contributed by atoms with E-state index in [4.69, 9.17) is 15.9 Å². The Kier molecular flexibility index (Phi) is 12.2. The SMILES string of the molecule is CN(C(=O)c1cc(N2CC(CN3CCC(CN4CCC(Nc5ncnc(N)c5C(=N)c5ccc(Oc6ccccc6)cc5)CC4)C3)C2)ccc1C=O)C1CCC(=O)NC1=O. The molecule has 5 heterocycles. The zero-order chi connectivity index (χ0) is 41.8. The molecule has 0 aliphatic carbocycles. The Labute approximate surface area is 349 Å². The minimum Gasteiger partial charge on any atom is -0.457 e. The van der Waals surface area contributed by atoms with Crippen LogP contribution in [0.5, 0.6) is 11.5 Å². The quantitative estimate of drug-likeness (QED) is 0.0805. The molecule has 0 saturated carbocycles. The van der Waals surface area contributed by atoms with Crippen LogP contribution in [0.3, 0.4) is 0 Å². The van der Waals surface area contributed by atoms with Gasteiger partial charge >= 0.3 is 0 Å². The van der Waals surface area contributed by atoms with E-state index in [9.17, 15) is 19.2 Å². The summed E-state index contributed by atoms with van der Waals surface area (Å²) >= 11 is 0. The standard InChI is InChI=1S/C45H52N10O5/c1-52(38-13-14-39(57)51-44(38)58)45(59)37-21-34(10-7-32(37)27-56)55-25-30(26-55)24-54-18-15-29(23-54)22-53-19-16-33(17-20-53)50-43-40(42(47)48-28-49-43)41(46)31-8-11-36(12-9-31)60-35-5-3-2-4-6-35/h2-12,21,27-30,33,38,46H,13-20,22-26H2,1H3,(H,51,57,58)(H3,47,48,49,50). The topological polar surface area (TPSA) is 190 Å². The number of nitrogens with one attached hydrogen (secondary N) is 3. The molecule has 60 heavy (non-hydrogen) atoms. The molecule has 4 aromatic rings. The van der Waals surface area contributed by atoms with Crippen LogP contribution in [-0.4, -0.2) is 126 Å². The van der Waals surface area contributed by atoms with Gasteiger partial charge in [-0.15, -0.1) is 0 Å². The van der Waals surface area contributed by atoms with Gasteiger partial charge in [-0.25, -0.2) is 9.97 Å². The molecular formula is C45H52N10O5. The number of benzene rings is 3. The Morgan fingerprint density at radius 2 is 1.63 bits per heavy atom. The first-order valence-corrected chi connectivity index (χ1v) is 20.8. The molecule has 15 nitrogen and oxygen atoms in total. The van der Waals surface area contributed by atoms with Crippen LogP contribution in [0.15, 0.2) is 79.1 Å². The second-order valence-electron chi connectivity index (χ2n) is 16.5. The first kappa shape index (κ1) is 40.6. The number of imide groups is 1. The van der Waals surface area contributed by atoms with Crippen molar-refractivity contribution in [3.8, 4) is 11.5 Å². The molecule has 4 saturated heterocycles. The third-order valence-corrected chi connectivity index (χ3v) is 12.3. The molecular weight excluding hydrogens is 761 g/mol. The fraction of sp³-hybridized carbons (Fsp3) is 0.400. The van der Waals surface area contributed by atoms with Crippen LogP contribution in [-0.2, 0) is 9.59 Å². The van der Waals surface area contributed by atoms with Crippen molar-refractivity contribution in [1.29, 1.82) is 5.41 Å². The Bertz CT molecular complexity index is 2220. The van der Waals surface area contributed by atoms with Crippen LogP contribution >= 0.6 is 0 Å². The first-order chi connectivity index (χ1) is 29.1. The number of likely N-dealkylation sites (tertiary alicyclic amines) is 2. The van der Waals surface area contributed by atoms with Crippen molar-refractivity contribution in [2.45, 2.75) is 44.2 Å². The second-order valence-corrected chi connectivity index (χ2v) is 16.5. The highest BCUT2D eigenvalue weighted by atomic mass is 16.5. The zero-order valence-electron chi connectivity index (χ0n) is 33.9. The van der Waals surface area contributed by atoms with Crippen LogP contribution in [0.4, 0.5) is 17.3 Å². The first-order valence-electron chi connectivity index (χ1n) is 20.8. The van der Waals surface area contributed by atoms with Gasteiger partial charge in [-0.05, 0) is 92.7 Å². The highest BCUT2D eigenvalue weighted by Crippen LogP contribution is 2.31. The number of nitrogen functional groups attached to an aromatic ring is 1. The normalized spacial score (nSPS) is 20.3. The van der Waals surface area contributed by atoms with Crippen molar-refractivity contribution in [1.82, 2.24) is 30.0 Å². The minimum atomic E-state index is -0.760. The van der Waals surface area contributed by atoms with Gasteiger partial charge in [-0.2, -0.15) is 0 Å².